The van der Waals surface area contributed by atoms with Crippen LogP contribution in [0.4, 0.5) is 0 Å². The number of rotatable bonds is 3. The van der Waals surface area contributed by atoms with E-state index in [0.29, 0.717) is 10.7 Å². The topological polar surface area (TPSA) is 23.8 Å². The smallest absolute Gasteiger partial charge is 0.0667 e. The number of hydrogen-bond donors (Lipinski definition) is 0. The molecule has 1 aromatic rings. The third kappa shape index (κ3) is 4.27. The average Bonchev–Trinajstić information content (AvgIpc) is 2.45. The maximum absolute atomic E-state index is 9.44. The van der Waals surface area contributed by atoms with Crippen LogP contribution in [0.15, 0.2) is 24.3 Å². The Morgan fingerprint density at radius 1 is 1.24 bits per heavy atom. The highest BCUT2D eigenvalue weighted by molar-refractivity contribution is 7.99. The Morgan fingerprint density at radius 3 is 2.57 bits per heavy atom. The molecule has 3 unspecified atom stereocenters. The SMILES string of the molecule is Cc1ccccc1CSC1CC(C(C)(C)C)CCC1C#N. The molecule has 1 nitrogen and oxygen atoms in total. The second-order valence-corrected chi connectivity index (χ2v) is 8.62. The number of aryl methyl sites for hydroxylation is 1. The van der Waals surface area contributed by atoms with Crippen molar-refractivity contribution in [1.29, 1.82) is 5.26 Å². The van der Waals surface area contributed by atoms with Crippen molar-refractivity contribution in [1.82, 2.24) is 0 Å². The van der Waals surface area contributed by atoms with Crippen molar-refractivity contribution in [3.8, 4) is 6.07 Å². The molecule has 1 fully saturated rings. The largest absolute Gasteiger partial charge is 0.198 e. The van der Waals surface area contributed by atoms with E-state index < -0.39 is 0 Å². The van der Waals surface area contributed by atoms with E-state index in [-0.39, 0.29) is 5.92 Å². The summed E-state index contributed by atoms with van der Waals surface area (Å²) in [5.74, 6) is 2.01. The molecule has 0 aromatic heterocycles. The Morgan fingerprint density at radius 2 is 1.95 bits per heavy atom. The fourth-order valence-corrected chi connectivity index (χ4v) is 4.73. The molecule has 1 saturated carbocycles. The van der Waals surface area contributed by atoms with E-state index in [2.05, 4.69) is 58.0 Å². The fourth-order valence-electron chi connectivity index (χ4n) is 3.22. The second-order valence-electron chi connectivity index (χ2n) is 7.39. The van der Waals surface area contributed by atoms with Gasteiger partial charge < -0.3 is 0 Å². The molecule has 0 amide bonds. The lowest BCUT2D eigenvalue weighted by Gasteiger charge is -2.39. The maximum Gasteiger partial charge on any atom is 0.0667 e. The quantitative estimate of drug-likeness (QED) is 0.727. The Kier molecular flexibility index (Phi) is 5.38. The van der Waals surface area contributed by atoms with Crippen molar-refractivity contribution >= 4 is 11.8 Å². The average molecular weight is 301 g/mol. The zero-order chi connectivity index (χ0) is 15.5. The molecule has 0 heterocycles. The minimum Gasteiger partial charge on any atom is -0.198 e. The summed E-state index contributed by atoms with van der Waals surface area (Å²) in [4.78, 5) is 0. The number of hydrogen-bond acceptors (Lipinski definition) is 2. The Bertz CT molecular complexity index is 509. The molecule has 1 aliphatic carbocycles. The van der Waals surface area contributed by atoms with Crippen molar-refractivity contribution in [3.63, 3.8) is 0 Å². The third-order valence-corrected chi connectivity index (χ3v) is 6.32. The van der Waals surface area contributed by atoms with Crippen LogP contribution in [0.5, 0.6) is 0 Å². The van der Waals surface area contributed by atoms with Gasteiger partial charge in [-0.2, -0.15) is 17.0 Å². The standard InChI is InChI=1S/C19H27NS/c1-14-7-5-6-8-16(14)13-21-18-11-17(19(2,3)4)10-9-15(18)12-20/h5-8,15,17-18H,9-11,13H2,1-4H3. The van der Waals surface area contributed by atoms with Crippen LogP contribution in [0.2, 0.25) is 0 Å². The van der Waals surface area contributed by atoms with Gasteiger partial charge in [-0.15, -0.1) is 0 Å². The van der Waals surface area contributed by atoms with E-state index >= 15 is 0 Å². The van der Waals surface area contributed by atoms with Crippen molar-refractivity contribution in [2.24, 2.45) is 17.3 Å². The van der Waals surface area contributed by atoms with Gasteiger partial charge in [-0.1, -0.05) is 45.0 Å². The molecular weight excluding hydrogens is 274 g/mol. The van der Waals surface area contributed by atoms with E-state index in [4.69, 9.17) is 0 Å². The third-order valence-electron chi connectivity index (χ3n) is 4.90. The van der Waals surface area contributed by atoms with Gasteiger partial charge in [0.25, 0.3) is 0 Å². The lowest BCUT2D eigenvalue weighted by Crippen LogP contribution is -2.33. The Balaban J connectivity index is 2.02. The molecule has 3 atom stereocenters. The molecule has 21 heavy (non-hydrogen) atoms. The van der Waals surface area contributed by atoms with Crippen LogP contribution >= 0.6 is 11.8 Å². The first-order valence-electron chi connectivity index (χ1n) is 7.97. The Labute approximate surface area is 134 Å². The maximum atomic E-state index is 9.44. The van der Waals surface area contributed by atoms with Gasteiger partial charge in [0.15, 0.2) is 0 Å². The highest BCUT2D eigenvalue weighted by Gasteiger charge is 2.36. The van der Waals surface area contributed by atoms with Crippen LogP contribution in [0.25, 0.3) is 0 Å². The van der Waals surface area contributed by atoms with Crippen LogP contribution in [0.3, 0.4) is 0 Å². The van der Waals surface area contributed by atoms with Crippen LogP contribution in [-0.2, 0) is 5.75 Å². The Hall–Kier alpha value is -0.940. The highest BCUT2D eigenvalue weighted by Crippen LogP contribution is 2.44. The van der Waals surface area contributed by atoms with Crippen LogP contribution < -0.4 is 0 Å². The van der Waals surface area contributed by atoms with E-state index in [1.165, 1.54) is 24.0 Å². The molecule has 0 radical (unpaired) electrons. The lowest BCUT2D eigenvalue weighted by atomic mass is 9.70. The zero-order valence-electron chi connectivity index (χ0n) is 13.7. The van der Waals surface area contributed by atoms with Gasteiger partial charge in [0.1, 0.15) is 0 Å². The predicted molar refractivity (Wildman–Crippen MR) is 92.2 cm³/mol. The normalized spacial score (nSPS) is 26.3. The summed E-state index contributed by atoms with van der Waals surface area (Å²) in [5, 5.41) is 9.93. The summed E-state index contributed by atoms with van der Waals surface area (Å²) >= 11 is 1.99. The molecule has 0 spiro atoms. The van der Waals surface area contributed by atoms with Gasteiger partial charge in [-0.05, 0) is 48.6 Å². The first-order chi connectivity index (χ1) is 9.91. The minimum absolute atomic E-state index is 0.234. The molecular formula is C19H27NS. The molecule has 2 heteroatoms. The number of benzene rings is 1. The first kappa shape index (κ1) is 16.4. The lowest BCUT2D eigenvalue weighted by molar-refractivity contribution is 0.169. The molecule has 1 aliphatic rings. The van der Waals surface area contributed by atoms with Crippen molar-refractivity contribution in [3.05, 3.63) is 35.4 Å². The predicted octanol–water partition coefficient (Wildman–Crippen LogP) is 5.58. The van der Waals surface area contributed by atoms with Crippen molar-refractivity contribution in [2.45, 2.75) is 58.0 Å². The van der Waals surface area contributed by atoms with Crippen LogP contribution in [0.1, 0.15) is 51.2 Å². The van der Waals surface area contributed by atoms with Gasteiger partial charge in [-0.25, -0.2) is 0 Å². The van der Waals surface area contributed by atoms with Gasteiger partial charge >= 0.3 is 0 Å². The molecule has 114 valence electrons. The molecule has 0 saturated heterocycles. The van der Waals surface area contributed by atoms with Gasteiger partial charge in [0.2, 0.25) is 0 Å². The van der Waals surface area contributed by atoms with Gasteiger partial charge in [0, 0.05) is 11.0 Å². The monoisotopic (exact) mass is 301 g/mol. The first-order valence-corrected chi connectivity index (χ1v) is 9.02. The molecule has 0 aliphatic heterocycles. The highest BCUT2D eigenvalue weighted by atomic mass is 32.2. The van der Waals surface area contributed by atoms with E-state index in [1.54, 1.807) is 0 Å². The zero-order valence-corrected chi connectivity index (χ0v) is 14.5. The van der Waals surface area contributed by atoms with Crippen molar-refractivity contribution < 1.29 is 0 Å². The van der Waals surface area contributed by atoms with Gasteiger partial charge in [-0.3, -0.25) is 0 Å². The van der Waals surface area contributed by atoms with E-state index in [1.807, 2.05) is 11.8 Å². The van der Waals surface area contributed by atoms with Crippen LogP contribution in [0, 0.1) is 35.5 Å². The number of nitriles is 1. The summed E-state index contributed by atoms with van der Waals surface area (Å²) in [6.07, 6.45) is 3.48. The summed E-state index contributed by atoms with van der Waals surface area (Å²) in [6, 6.07) is 11.2. The number of nitrogens with zero attached hydrogens (tertiary/aromatic N) is 1. The number of thioether (sulfide) groups is 1. The van der Waals surface area contributed by atoms with Crippen LogP contribution in [-0.4, -0.2) is 5.25 Å². The molecule has 1 aromatic carbocycles. The summed E-state index contributed by atoms with van der Waals surface area (Å²) < 4.78 is 0. The molecule has 0 N–H and O–H groups in total. The van der Waals surface area contributed by atoms with E-state index in [0.717, 1.165) is 18.1 Å². The second kappa shape index (κ2) is 6.88. The minimum atomic E-state index is 0.234. The van der Waals surface area contributed by atoms with Crippen molar-refractivity contribution in [2.75, 3.05) is 0 Å². The summed E-state index contributed by atoms with van der Waals surface area (Å²) in [6.45, 7) is 9.20. The van der Waals surface area contributed by atoms with Gasteiger partial charge in [0.05, 0.1) is 12.0 Å². The van der Waals surface area contributed by atoms with E-state index in [9.17, 15) is 5.26 Å². The summed E-state index contributed by atoms with van der Waals surface area (Å²) in [5.41, 5.74) is 3.14. The fraction of sp³-hybridized carbons (Fsp3) is 0.632. The molecule has 2 rings (SSSR count). The molecule has 0 bridgehead atoms. The summed E-state index contributed by atoms with van der Waals surface area (Å²) in [7, 11) is 0.